The Morgan fingerprint density at radius 1 is 1.46 bits per heavy atom. The number of carbonyl (C=O) groups is 1. The number of carboxylic acid groups (broad SMARTS) is 1. The highest BCUT2D eigenvalue weighted by molar-refractivity contribution is 5.63. The van der Waals surface area contributed by atoms with Crippen molar-refractivity contribution in [2.75, 3.05) is 0 Å². The second-order valence-corrected chi connectivity index (χ2v) is 4.28. The molecule has 13 heavy (non-hydrogen) atoms. The Hall–Kier alpha value is -0.770. The maximum absolute atomic E-state index is 10.3. The quantitative estimate of drug-likeness (QED) is 0.591. The fourth-order valence-corrected chi connectivity index (χ4v) is 1.16. The molecule has 4 nitrogen and oxygen atoms in total. The van der Waals surface area contributed by atoms with Gasteiger partial charge in [-0.15, -0.1) is 0 Å². The molecule has 0 fully saturated rings. The van der Waals surface area contributed by atoms with Crippen LogP contribution in [0.15, 0.2) is 0 Å². The Morgan fingerprint density at radius 3 is 2.31 bits per heavy atom. The number of nitrogens with one attached hydrogen (secondary N) is 2. The van der Waals surface area contributed by atoms with Gasteiger partial charge >= 0.3 is 6.09 Å². The first-order valence-electron chi connectivity index (χ1n) is 4.62. The lowest BCUT2D eigenvalue weighted by Gasteiger charge is -2.30. The van der Waals surface area contributed by atoms with E-state index in [1.165, 1.54) is 0 Å². The zero-order chi connectivity index (χ0) is 10.5. The van der Waals surface area contributed by atoms with E-state index in [2.05, 4.69) is 38.5 Å². The minimum atomic E-state index is -1.04. The summed E-state index contributed by atoms with van der Waals surface area (Å²) < 4.78 is 0. The van der Waals surface area contributed by atoms with Gasteiger partial charge in [-0.3, -0.25) is 5.43 Å². The van der Waals surface area contributed by atoms with E-state index in [0.717, 1.165) is 12.8 Å². The van der Waals surface area contributed by atoms with Crippen LogP contribution in [0.5, 0.6) is 0 Å². The smallest absolute Gasteiger partial charge is 0.419 e. The van der Waals surface area contributed by atoms with Crippen LogP contribution in [0.25, 0.3) is 0 Å². The van der Waals surface area contributed by atoms with Crippen LogP contribution in [0.4, 0.5) is 4.79 Å². The first-order chi connectivity index (χ1) is 5.88. The second kappa shape index (κ2) is 5.07. The molecule has 0 spiro atoms. The molecule has 3 N–H and O–H groups in total. The second-order valence-electron chi connectivity index (χ2n) is 4.28. The Bertz CT molecular complexity index is 163. The highest BCUT2D eigenvalue weighted by atomic mass is 16.4. The normalized spacial score (nSPS) is 13.8. The minimum Gasteiger partial charge on any atom is -0.464 e. The predicted octanol–water partition coefficient (Wildman–Crippen LogP) is 1.97. The molecule has 0 rings (SSSR count). The SMILES string of the molecule is CCC[C@H](NNC(=O)O)C(C)(C)C. The van der Waals surface area contributed by atoms with Crippen molar-refractivity contribution < 1.29 is 9.90 Å². The van der Waals surface area contributed by atoms with Crippen LogP contribution >= 0.6 is 0 Å². The van der Waals surface area contributed by atoms with Gasteiger partial charge in [0.1, 0.15) is 0 Å². The van der Waals surface area contributed by atoms with Crippen molar-refractivity contribution >= 4 is 6.09 Å². The van der Waals surface area contributed by atoms with Crippen molar-refractivity contribution in [3.05, 3.63) is 0 Å². The molecule has 0 saturated heterocycles. The van der Waals surface area contributed by atoms with Crippen molar-refractivity contribution in [2.24, 2.45) is 5.41 Å². The standard InChI is InChI=1S/C9H20N2O2/c1-5-6-7(9(2,3)4)10-11-8(12)13/h7,10-11H,5-6H2,1-4H3,(H,12,13)/t7-/m0/s1. The topological polar surface area (TPSA) is 61.4 Å². The molecule has 0 aliphatic rings. The predicted molar refractivity (Wildman–Crippen MR) is 52.4 cm³/mol. The van der Waals surface area contributed by atoms with Crippen molar-refractivity contribution in [3.63, 3.8) is 0 Å². The molecule has 0 heterocycles. The lowest BCUT2D eigenvalue weighted by molar-refractivity contribution is 0.172. The van der Waals surface area contributed by atoms with Crippen molar-refractivity contribution in [1.82, 2.24) is 10.9 Å². The summed E-state index contributed by atoms with van der Waals surface area (Å²) in [4.78, 5) is 10.3. The van der Waals surface area contributed by atoms with Gasteiger partial charge in [0, 0.05) is 6.04 Å². The van der Waals surface area contributed by atoms with Crippen LogP contribution < -0.4 is 10.9 Å². The molecule has 78 valence electrons. The van der Waals surface area contributed by atoms with Crippen LogP contribution in [0.3, 0.4) is 0 Å². The van der Waals surface area contributed by atoms with Crippen LogP contribution in [0.2, 0.25) is 0 Å². The minimum absolute atomic E-state index is 0.0679. The van der Waals surface area contributed by atoms with E-state index in [1.54, 1.807) is 0 Å². The molecule has 0 radical (unpaired) electrons. The summed E-state index contributed by atoms with van der Waals surface area (Å²) in [6.07, 6.45) is 0.963. The molecule has 0 aromatic carbocycles. The van der Waals surface area contributed by atoms with E-state index in [-0.39, 0.29) is 11.5 Å². The Balaban J connectivity index is 4.02. The molecule has 1 atom stereocenters. The largest absolute Gasteiger partial charge is 0.464 e. The third kappa shape index (κ3) is 5.47. The molecule has 0 bridgehead atoms. The van der Waals surface area contributed by atoms with Gasteiger partial charge in [0.15, 0.2) is 0 Å². The molecule has 0 aliphatic heterocycles. The van der Waals surface area contributed by atoms with E-state index in [0.29, 0.717) is 0 Å². The van der Waals surface area contributed by atoms with Gasteiger partial charge in [-0.2, -0.15) is 0 Å². The zero-order valence-corrected chi connectivity index (χ0v) is 8.85. The maximum atomic E-state index is 10.3. The van der Waals surface area contributed by atoms with Gasteiger partial charge in [0.2, 0.25) is 0 Å². The summed E-state index contributed by atoms with van der Waals surface area (Å²) in [5, 5.41) is 8.42. The molecule has 0 aliphatic carbocycles. The third-order valence-electron chi connectivity index (χ3n) is 1.98. The van der Waals surface area contributed by atoms with Crippen molar-refractivity contribution in [2.45, 2.75) is 46.6 Å². The molecular formula is C9H20N2O2. The fraction of sp³-hybridized carbons (Fsp3) is 0.889. The van der Waals surface area contributed by atoms with E-state index in [1.807, 2.05) is 0 Å². The summed E-state index contributed by atoms with van der Waals surface area (Å²) in [5.41, 5.74) is 5.08. The molecule has 0 aromatic rings. The Labute approximate surface area is 79.7 Å². The molecule has 1 amide bonds. The van der Waals surface area contributed by atoms with Gasteiger partial charge in [0.25, 0.3) is 0 Å². The number of hydrogen-bond acceptors (Lipinski definition) is 2. The fourth-order valence-electron chi connectivity index (χ4n) is 1.16. The summed E-state index contributed by atoms with van der Waals surface area (Å²) in [7, 11) is 0. The number of rotatable bonds is 4. The number of hydrogen-bond donors (Lipinski definition) is 3. The van der Waals surface area contributed by atoms with Crippen LogP contribution in [0, 0.1) is 5.41 Å². The summed E-state index contributed by atoms with van der Waals surface area (Å²) >= 11 is 0. The lowest BCUT2D eigenvalue weighted by atomic mass is 9.85. The van der Waals surface area contributed by atoms with Crippen LogP contribution in [-0.4, -0.2) is 17.2 Å². The van der Waals surface area contributed by atoms with Gasteiger partial charge in [0.05, 0.1) is 0 Å². The maximum Gasteiger partial charge on any atom is 0.419 e. The Kier molecular flexibility index (Phi) is 4.77. The molecule has 0 unspecified atom stereocenters. The first kappa shape index (κ1) is 12.2. The molecule has 4 heteroatoms. The monoisotopic (exact) mass is 188 g/mol. The summed E-state index contributed by atoms with van der Waals surface area (Å²) in [6, 6.07) is 0.175. The van der Waals surface area contributed by atoms with Crippen molar-refractivity contribution in [3.8, 4) is 0 Å². The Morgan fingerprint density at radius 2 is 2.00 bits per heavy atom. The van der Waals surface area contributed by atoms with E-state index in [4.69, 9.17) is 5.11 Å². The zero-order valence-electron chi connectivity index (χ0n) is 8.85. The number of hydrazine groups is 1. The summed E-state index contributed by atoms with van der Waals surface area (Å²) in [5.74, 6) is 0. The molecule has 0 aromatic heterocycles. The van der Waals surface area contributed by atoms with Crippen LogP contribution in [0.1, 0.15) is 40.5 Å². The van der Waals surface area contributed by atoms with Gasteiger partial charge < -0.3 is 5.11 Å². The molecule has 0 saturated carbocycles. The van der Waals surface area contributed by atoms with E-state index >= 15 is 0 Å². The third-order valence-corrected chi connectivity index (χ3v) is 1.98. The van der Waals surface area contributed by atoms with E-state index in [9.17, 15) is 4.79 Å². The first-order valence-corrected chi connectivity index (χ1v) is 4.62. The van der Waals surface area contributed by atoms with Crippen molar-refractivity contribution in [1.29, 1.82) is 0 Å². The number of amides is 1. The molecular weight excluding hydrogens is 168 g/mol. The van der Waals surface area contributed by atoms with E-state index < -0.39 is 6.09 Å². The highest BCUT2D eigenvalue weighted by Gasteiger charge is 2.23. The van der Waals surface area contributed by atoms with Crippen LogP contribution in [-0.2, 0) is 0 Å². The highest BCUT2D eigenvalue weighted by Crippen LogP contribution is 2.22. The average molecular weight is 188 g/mol. The van der Waals surface area contributed by atoms with Gasteiger partial charge in [-0.1, -0.05) is 34.1 Å². The average Bonchev–Trinajstić information content (AvgIpc) is 1.95. The summed E-state index contributed by atoms with van der Waals surface area (Å²) in [6.45, 7) is 8.35. The van der Waals surface area contributed by atoms with Gasteiger partial charge in [-0.05, 0) is 11.8 Å². The lowest BCUT2D eigenvalue weighted by Crippen LogP contribution is -2.49. The van der Waals surface area contributed by atoms with Gasteiger partial charge in [-0.25, -0.2) is 10.2 Å².